The van der Waals surface area contributed by atoms with E-state index in [0.29, 0.717) is 0 Å². The highest BCUT2D eigenvalue weighted by atomic mass is 35.5. The van der Waals surface area contributed by atoms with Crippen molar-refractivity contribution in [2.75, 3.05) is 13.7 Å². The lowest BCUT2D eigenvalue weighted by Crippen LogP contribution is -2.39. The molecule has 2 aromatic rings. The van der Waals surface area contributed by atoms with Gasteiger partial charge in [0.15, 0.2) is 0 Å². The Morgan fingerprint density at radius 3 is 2.33 bits per heavy atom. The number of rotatable bonds is 4. The van der Waals surface area contributed by atoms with Gasteiger partial charge in [-0.2, -0.15) is 0 Å². The van der Waals surface area contributed by atoms with Gasteiger partial charge in [0.25, 0.3) is 0 Å². The highest BCUT2D eigenvalue weighted by molar-refractivity contribution is 5.85. The Hall–Kier alpha value is -2.10. The second-order valence-electron chi connectivity index (χ2n) is 5.69. The Kier molecular flexibility index (Phi) is 6.59. The minimum atomic E-state index is -0.318. The highest BCUT2D eigenvalue weighted by Crippen LogP contribution is 2.27. The quantitative estimate of drug-likeness (QED) is 0.674. The van der Waals surface area contributed by atoms with Gasteiger partial charge in [0, 0.05) is 6.04 Å². The summed E-state index contributed by atoms with van der Waals surface area (Å²) in [7, 11) is 1.44. The van der Waals surface area contributed by atoms with Gasteiger partial charge in [-0.25, -0.2) is 0 Å². The molecule has 0 radical (unpaired) electrons. The lowest BCUT2D eigenvalue weighted by Gasteiger charge is -2.26. The molecule has 0 saturated heterocycles. The lowest BCUT2D eigenvalue weighted by molar-refractivity contribution is -0.142. The van der Waals surface area contributed by atoms with Crippen molar-refractivity contribution in [2.24, 2.45) is 0 Å². The van der Waals surface area contributed by atoms with Crippen LogP contribution in [0.4, 0.5) is 0 Å². The Morgan fingerprint density at radius 2 is 1.75 bits per heavy atom. The van der Waals surface area contributed by atoms with Crippen LogP contribution in [0, 0.1) is 0 Å². The first-order valence-electron chi connectivity index (χ1n) is 7.93. The first-order chi connectivity index (χ1) is 11.3. The van der Waals surface area contributed by atoms with E-state index in [1.54, 1.807) is 0 Å². The van der Waals surface area contributed by atoms with Gasteiger partial charge < -0.3 is 10.1 Å². The molecule has 0 bridgehead atoms. The maximum absolute atomic E-state index is 12.3. The summed E-state index contributed by atoms with van der Waals surface area (Å²) in [5, 5.41) is 3.39. The highest BCUT2D eigenvalue weighted by Gasteiger charge is 2.29. The maximum Gasteiger partial charge on any atom is 0.315 e. The summed E-state index contributed by atoms with van der Waals surface area (Å²) in [4.78, 5) is 12.3. The zero-order valence-electron chi connectivity index (χ0n) is 13.6. The van der Waals surface area contributed by atoms with E-state index < -0.39 is 0 Å². The topological polar surface area (TPSA) is 38.3 Å². The molecule has 1 aliphatic rings. The summed E-state index contributed by atoms with van der Waals surface area (Å²) in [6.45, 7) is 0.886. The molecule has 0 fully saturated rings. The molecule has 0 amide bonds. The van der Waals surface area contributed by atoms with Crippen molar-refractivity contribution in [1.82, 2.24) is 5.32 Å². The van der Waals surface area contributed by atoms with Crippen molar-refractivity contribution in [3.63, 3.8) is 0 Å². The molecule has 126 valence electrons. The van der Waals surface area contributed by atoms with Crippen molar-refractivity contribution < 1.29 is 9.53 Å². The molecule has 0 aliphatic carbocycles. The minimum absolute atomic E-state index is 0. The van der Waals surface area contributed by atoms with Gasteiger partial charge in [-0.1, -0.05) is 66.7 Å². The maximum atomic E-state index is 12.3. The molecule has 3 rings (SSSR count). The van der Waals surface area contributed by atoms with Gasteiger partial charge in [-0.15, -0.1) is 12.4 Å². The Balaban J connectivity index is 0.00000208. The van der Waals surface area contributed by atoms with Crippen molar-refractivity contribution in [2.45, 2.75) is 18.4 Å². The van der Waals surface area contributed by atoms with Crippen LogP contribution in [0.1, 0.15) is 17.9 Å². The van der Waals surface area contributed by atoms with Crippen LogP contribution in [0.25, 0.3) is 11.1 Å². The molecule has 1 aliphatic heterocycles. The van der Waals surface area contributed by atoms with E-state index in [1.165, 1.54) is 12.7 Å². The van der Waals surface area contributed by atoms with Gasteiger partial charge >= 0.3 is 5.97 Å². The average Bonchev–Trinajstić information content (AvgIpc) is 2.64. The van der Waals surface area contributed by atoms with Crippen LogP contribution in [0.15, 0.2) is 66.7 Å². The third-order valence-electron chi connectivity index (χ3n) is 4.23. The van der Waals surface area contributed by atoms with Crippen molar-refractivity contribution in [1.29, 1.82) is 0 Å². The molecular formula is C20H22ClNO2. The first-order valence-corrected chi connectivity index (χ1v) is 7.93. The van der Waals surface area contributed by atoms with Gasteiger partial charge in [0.05, 0.1) is 7.11 Å². The summed E-state index contributed by atoms with van der Waals surface area (Å²) in [6, 6.07) is 18.4. The SMILES string of the molecule is COC(=O)C(c1ccc(-c2ccccc2)cc1)[C@@H]1C=CCCN1.Cl. The number of methoxy groups -OCH3 is 1. The number of benzene rings is 2. The molecule has 0 saturated carbocycles. The van der Waals surface area contributed by atoms with Crippen LogP contribution in [-0.4, -0.2) is 25.7 Å². The van der Waals surface area contributed by atoms with Gasteiger partial charge in [0.1, 0.15) is 5.92 Å². The van der Waals surface area contributed by atoms with E-state index in [-0.39, 0.29) is 30.3 Å². The molecule has 3 nitrogen and oxygen atoms in total. The number of carbonyl (C=O) groups excluding carboxylic acids is 1. The van der Waals surface area contributed by atoms with E-state index in [9.17, 15) is 4.79 Å². The summed E-state index contributed by atoms with van der Waals surface area (Å²) < 4.78 is 5.02. The van der Waals surface area contributed by atoms with Gasteiger partial charge in [-0.05, 0) is 29.7 Å². The number of hydrogen-bond acceptors (Lipinski definition) is 3. The Morgan fingerprint density at radius 1 is 1.08 bits per heavy atom. The number of ether oxygens (including phenoxy) is 1. The molecule has 1 heterocycles. The molecule has 0 spiro atoms. The minimum Gasteiger partial charge on any atom is -0.468 e. The van der Waals surface area contributed by atoms with E-state index in [0.717, 1.165) is 24.1 Å². The van der Waals surface area contributed by atoms with E-state index in [2.05, 4.69) is 41.7 Å². The van der Waals surface area contributed by atoms with E-state index in [4.69, 9.17) is 4.74 Å². The average molecular weight is 344 g/mol. The fraction of sp³-hybridized carbons (Fsp3) is 0.250. The number of nitrogens with one attached hydrogen (secondary N) is 1. The zero-order chi connectivity index (χ0) is 16.1. The van der Waals surface area contributed by atoms with Crippen LogP contribution in [0.2, 0.25) is 0 Å². The van der Waals surface area contributed by atoms with Crippen molar-refractivity contribution in [3.8, 4) is 11.1 Å². The van der Waals surface area contributed by atoms with Crippen LogP contribution >= 0.6 is 12.4 Å². The number of halogens is 1. The third kappa shape index (κ3) is 4.05. The van der Waals surface area contributed by atoms with Crippen LogP contribution < -0.4 is 5.32 Å². The molecule has 0 aromatic heterocycles. The zero-order valence-corrected chi connectivity index (χ0v) is 14.5. The fourth-order valence-electron chi connectivity index (χ4n) is 3.00. The van der Waals surface area contributed by atoms with Crippen LogP contribution in [0.3, 0.4) is 0 Å². The fourth-order valence-corrected chi connectivity index (χ4v) is 3.00. The van der Waals surface area contributed by atoms with E-state index in [1.807, 2.05) is 30.3 Å². The molecular weight excluding hydrogens is 322 g/mol. The molecule has 2 atom stereocenters. The van der Waals surface area contributed by atoms with Crippen LogP contribution in [-0.2, 0) is 9.53 Å². The summed E-state index contributed by atoms with van der Waals surface area (Å²) in [5.41, 5.74) is 3.29. The first kappa shape index (κ1) is 18.2. The van der Waals surface area contributed by atoms with Crippen LogP contribution in [0.5, 0.6) is 0 Å². The summed E-state index contributed by atoms with van der Waals surface area (Å²) in [6.07, 6.45) is 5.18. The standard InChI is InChI=1S/C20H21NO2.ClH/c1-23-20(22)19(18-9-5-6-14-21-18)17-12-10-16(11-13-17)15-7-3-2-4-8-15;/h2-5,7-13,18-19,21H,6,14H2,1H3;1H/t18-,19?;/m0./s1. The number of hydrogen-bond donors (Lipinski definition) is 1. The van der Waals surface area contributed by atoms with Crippen molar-refractivity contribution in [3.05, 3.63) is 72.3 Å². The monoisotopic (exact) mass is 343 g/mol. The van der Waals surface area contributed by atoms with Gasteiger partial charge in [-0.3, -0.25) is 4.79 Å². The summed E-state index contributed by atoms with van der Waals surface area (Å²) in [5.74, 6) is -0.525. The molecule has 2 aromatic carbocycles. The predicted molar refractivity (Wildman–Crippen MR) is 99.4 cm³/mol. The molecule has 1 N–H and O–H groups in total. The predicted octanol–water partition coefficient (Wildman–Crippen LogP) is 3.95. The summed E-state index contributed by atoms with van der Waals surface area (Å²) >= 11 is 0. The smallest absolute Gasteiger partial charge is 0.315 e. The number of carbonyl (C=O) groups is 1. The molecule has 24 heavy (non-hydrogen) atoms. The Labute approximate surface area is 149 Å². The second kappa shape index (κ2) is 8.67. The normalized spacial score (nSPS) is 17.6. The van der Waals surface area contributed by atoms with Crippen molar-refractivity contribution >= 4 is 18.4 Å². The Bertz CT molecular complexity index is 683. The second-order valence-corrected chi connectivity index (χ2v) is 5.69. The largest absolute Gasteiger partial charge is 0.468 e. The molecule has 1 unspecified atom stereocenters. The third-order valence-corrected chi connectivity index (χ3v) is 4.23. The van der Waals surface area contributed by atoms with Gasteiger partial charge in [0.2, 0.25) is 0 Å². The lowest BCUT2D eigenvalue weighted by atomic mass is 9.88. The molecule has 4 heteroatoms. The van der Waals surface area contributed by atoms with E-state index >= 15 is 0 Å². The number of esters is 1.